The Hall–Kier alpha value is -2.61. The van der Waals surface area contributed by atoms with Crippen molar-refractivity contribution in [2.24, 2.45) is 11.8 Å². The highest BCUT2D eigenvalue weighted by molar-refractivity contribution is 6.34. The van der Waals surface area contributed by atoms with Crippen molar-refractivity contribution in [2.45, 2.75) is 51.7 Å². The van der Waals surface area contributed by atoms with E-state index in [0.29, 0.717) is 23.2 Å². The summed E-state index contributed by atoms with van der Waals surface area (Å²) in [6.07, 6.45) is 1.78. The summed E-state index contributed by atoms with van der Waals surface area (Å²) >= 11 is 6.32. The van der Waals surface area contributed by atoms with Crippen LogP contribution >= 0.6 is 11.6 Å². The number of nitrogens with one attached hydrogen (secondary N) is 1. The third-order valence-corrected chi connectivity index (χ3v) is 6.50. The fraction of sp³-hybridized carbons (Fsp3) is 0.435. The topological polar surface area (TPSA) is 59.8 Å². The predicted molar refractivity (Wildman–Crippen MR) is 118 cm³/mol. The van der Waals surface area contributed by atoms with Crippen LogP contribution < -0.4 is 5.32 Å². The lowest BCUT2D eigenvalue weighted by Gasteiger charge is -2.30. The Morgan fingerprint density at radius 2 is 1.91 bits per heavy atom. The van der Waals surface area contributed by atoms with E-state index < -0.39 is 17.8 Å². The van der Waals surface area contributed by atoms with E-state index in [1.807, 2.05) is 10.9 Å². The number of hydrogen-bond donors (Lipinski definition) is 1. The van der Waals surface area contributed by atoms with Gasteiger partial charge in [-0.1, -0.05) is 31.5 Å². The Bertz CT molecular complexity index is 1130. The molecule has 0 saturated heterocycles. The number of carbonyl (C=O) groups excluding carboxylic acids is 1. The maximum Gasteiger partial charge on any atom is 0.433 e. The van der Waals surface area contributed by atoms with Crippen molar-refractivity contribution in [1.82, 2.24) is 14.8 Å². The van der Waals surface area contributed by atoms with Gasteiger partial charge >= 0.3 is 6.18 Å². The highest BCUT2D eigenvalue weighted by atomic mass is 35.5. The van der Waals surface area contributed by atoms with Crippen LogP contribution in [0, 0.1) is 11.8 Å². The maximum atomic E-state index is 12.9. The molecule has 5 nitrogen and oxygen atoms in total. The van der Waals surface area contributed by atoms with Crippen molar-refractivity contribution < 1.29 is 18.0 Å². The third kappa shape index (κ3) is 4.75. The van der Waals surface area contributed by atoms with Crippen LogP contribution in [0.15, 0.2) is 36.5 Å². The summed E-state index contributed by atoms with van der Waals surface area (Å²) in [4.78, 5) is 15.9. The molecule has 0 spiro atoms. The molecule has 1 fully saturated rings. The number of rotatable bonds is 4. The van der Waals surface area contributed by atoms with Crippen LogP contribution in [0.25, 0.3) is 10.9 Å². The number of halogens is 4. The number of fused-ring (bicyclic) bond motifs is 1. The smallest absolute Gasteiger partial charge is 0.319 e. The second-order valence-electron chi connectivity index (χ2n) is 8.67. The molecule has 4 rings (SSSR count). The first kappa shape index (κ1) is 22.6. The number of hydrogen-bond acceptors (Lipinski definition) is 3. The molecule has 2 heterocycles. The number of amides is 1. The standard InChI is InChI=1S/C23H24ClF3N4O/c1-13(2)14-6-8-16(9-7-14)31-12-15-10-20(17(24)11-19(15)30-31)29-22(32)18-4-3-5-21(28-18)23(25,26)27/h3-5,10-14,16H,6-9H2,1-2H3,(H,29,32)/t14-,16-. The molecule has 0 aliphatic heterocycles. The van der Waals surface area contributed by atoms with Crippen LogP contribution in [0.4, 0.5) is 18.9 Å². The maximum absolute atomic E-state index is 12.9. The molecule has 1 N–H and O–H groups in total. The zero-order valence-corrected chi connectivity index (χ0v) is 18.5. The van der Waals surface area contributed by atoms with E-state index in [-0.39, 0.29) is 10.7 Å². The number of alkyl halides is 3. The molecule has 9 heteroatoms. The van der Waals surface area contributed by atoms with Gasteiger partial charge in [0, 0.05) is 11.6 Å². The molecule has 1 amide bonds. The molecular formula is C23H24ClF3N4O. The lowest BCUT2D eigenvalue weighted by atomic mass is 9.80. The number of aromatic nitrogens is 3. The first-order valence-corrected chi connectivity index (χ1v) is 11.0. The van der Waals surface area contributed by atoms with E-state index in [4.69, 9.17) is 11.6 Å². The van der Waals surface area contributed by atoms with E-state index in [1.54, 1.807) is 12.1 Å². The molecule has 1 aliphatic rings. The lowest BCUT2D eigenvalue weighted by Crippen LogP contribution is -2.21. The van der Waals surface area contributed by atoms with Gasteiger partial charge in [-0.25, -0.2) is 4.98 Å². The summed E-state index contributed by atoms with van der Waals surface area (Å²) in [6, 6.07) is 6.85. The second-order valence-corrected chi connectivity index (χ2v) is 9.08. The predicted octanol–water partition coefficient (Wildman–Crippen LogP) is 6.74. The number of carbonyl (C=O) groups is 1. The van der Waals surface area contributed by atoms with Gasteiger partial charge in [0.2, 0.25) is 0 Å². The molecule has 1 aliphatic carbocycles. The van der Waals surface area contributed by atoms with Crippen molar-refractivity contribution in [3.63, 3.8) is 0 Å². The summed E-state index contributed by atoms with van der Waals surface area (Å²) in [5, 5.41) is 8.29. The summed E-state index contributed by atoms with van der Waals surface area (Å²) in [5.41, 5.74) is -0.462. The number of pyridine rings is 1. The molecule has 2 aromatic heterocycles. The molecule has 170 valence electrons. The molecular weight excluding hydrogens is 441 g/mol. The van der Waals surface area contributed by atoms with Crippen molar-refractivity contribution >= 4 is 34.1 Å². The van der Waals surface area contributed by atoms with E-state index >= 15 is 0 Å². The van der Waals surface area contributed by atoms with Gasteiger partial charge in [0.1, 0.15) is 11.4 Å². The quantitative estimate of drug-likeness (QED) is 0.465. The zero-order chi connectivity index (χ0) is 23.0. The molecule has 3 aromatic rings. The molecule has 0 atom stereocenters. The Balaban J connectivity index is 1.53. The second kappa shape index (κ2) is 8.73. The van der Waals surface area contributed by atoms with Crippen molar-refractivity contribution in [2.75, 3.05) is 5.32 Å². The first-order valence-electron chi connectivity index (χ1n) is 10.7. The minimum Gasteiger partial charge on any atom is -0.319 e. The average molecular weight is 465 g/mol. The fourth-order valence-corrected chi connectivity index (χ4v) is 4.49. The van der Waals surface area contributed by atoms with Gasteiger partial charge in [-0.05, 0) is 61.8 Å². The molecule has 1 saturated carbocycles. The Morgan fingerprint density at radius 1 is 1.19 bits per heavy atom. The van der Waals surface area contributed by atoms with Crippen molar-refractivity contribution in [1.29, 1.82) is 0 Å². The van der Waals surface area contributed by atoms with Gasteiger partial charge in [0.15, 0.2) is 0 Å². The van der Waals surface area contributed by atoms with Gasteiger partial charge in [0.05, 0.1) is 22.3 Å². The van der Waals surface area contributed by atoms with Gasteiger partial charge < -0.3 is 5.32 Å². The van der Waals surface area contributed by atoms with E-state index in [9.17, 15) is 18.0 Å². The molecule has 32 heavy (non-hydrogen) atoms. The van der Waals surface area contributed by atoms with Crippen LogP contribution in [-0.2, 0) is 6.18 Å². The Kier molecular flexibility index (Phi) is 6.16. The fourth-order valence-electron chi connectivity index (χ4n) is 4.29. The van der Waals surface area contributed by atoms with Crippen molar-refractivity contribution in [3.8, 4) is 0 Å². The molecule has 0 radical (unpaired) electrons. The normalized spacial score (nSPS) is 19.5. The van der Waals surface area contributed by atoms with Gasteiger partial charge in [-0.15, -0.1) is 0 Å². The van der Waals surface area contributed by atoms with Crippen molar-refractivity contribution in [3.05, 3.63) is 52.9 Å². The van der Waals surface area contributed by atoms with Gasteiger partial charge in [0.25, 0.3) is 5.91 Å². The number of anilines is 1. The SMILES string of the molecule is CC(C)[C@H]1CC[C@H](n2cc3cc(NC(=O)c4cccc(C(F)(F)F)n4)c(Cl)cc3n2)CC1. The van der Waals surface area contributed by atoms with Crippen LogP contribution in [0.2, 0.25) is 5.02 Å². The third-order valence-electron chi connectivity index (χ3n) is 6.19. The van der Waals surface area contributed by atoms with Gasteiger partial charge in [-0.3, -0.25) is 9.48 Å². The van der Waals surface area contributed by atoms with Crippen LogP contribution in [0.3, 0.4) is 0 Å². The lowest BCUT2D eigenvalue weighted by molar-refractivity contribution is -0.141. The van der Waals surface area contributed by atoms with E-state index in [0.717, 1.165) is 36.3 Å². The first-order chi connectivity index (χ1) is 15.1. The van der Waals surface area contributed by atoms with E-state index in [2.05, 4.69) is 29.2 Å². The summed E-state index contributed by atoms with van der Waals surface area (Å²) < 4.78 is 40.6. The Morgan fingerprint density at radius 3 is 2.56 bits per heavy atom. The number of nitrogens with zero attached hydrogens (tertiary/aromatic N) is 3. The highest BCUT2D eigenvalue weighted by Crippen LogP contribution is 2.37. The highest BCUT2D eigenvalue weighted by Gasteiger charge is 2.33. The van der Waals surface area contributed by atoms with Crippen LogP contribution in [0.1, 0.15) is 61.8 Å². The molecule has 1 aromatic carbocycles. The zero-order valence-electron chi connectivity index (χ0n) is 17.8. The van der Waals surface area contributed by atoms with Gasteiger partial charge in [-0.2, -0.15) is 18.3 Å². The van der Waals surface area contributed by atoms with E-state index in [1.165, 1.54) is 18.9 Å². The summed E-state index contributed by atoms with van der Waals surface area (Å²) in [6.45, 7) is 4.53. The minimum absolute atomic E-state index is 0.256. The molecule has 0 unspecified atom stereocenters. The summed E-state index contributed by atoms with van der Waals surface area (Å²) in [5.74, 6) is 0.664. The van der Waals surface area contributed by atoms with Crippen LogP contribution in [0.5, 0.6) is 0 Å². The minimum atomic E-state index is -4.63. The monoisotopic (exact) mass is 464 g/mol. The number of benzene rings is 1. The molecule has 0 bridgehead atoms. The van der Waals surface area contributed by atoms with Crippen LogP contribution in [-0.4, -0.2) is 20.7 Å². The summed E-state index contributed by atoms with van der Waals surface area (Å²) in [7, 11) is 0. The average Bonchev–Trinajstić information content (AvgIpc) is 3.16. The largest absolute Gasteiger partial charge is 0.433 e. The Labute approximate surface area is 189 Å².